The molecule has 1 saturated heterocycles. The first-order chi connectivity index (χ1) is 7.81. The molecule has 16 heavy (non-hydrogen) atoms. The van der Waals surface area contributed by atoms with Crippen molar-refractivity contribution in [3.63, 3.8) is 0 Å². The monoisotopic (exact) mass is 279 g/mol. The van der Waals surface area contributed by atoms with E-state index in [1.807, 2.05) is 24.3 Å². The van der Waals surface area contributed by atoms with Gasteiger partial charge >= 0.3 is 0 Å². The van der Waals surface area contributed by atoms with Crippen LogP contribution in [0.4, 0.5) is 0 Å². The fourth-order valence-corrected chi connectivity index (χ4v) is 2.40. The van der Waals surface area contributed by atoms with Crippen LogP contribution in [0.3, 0.4) is 0 Å². The van der Waals surface area contributed by atoms with Gasteiger partial charge in [0.1, 0.15) is 6.04 Å². The molecule has 1 N–H and O–H groups in total. The van der Waals surface area contributed by atoms with Gasteiger partial charge in [-0.1, -0.05) is 28.1 Å². The van der Waals surface area contributed by atoms with E-state index in [4.69, 9.17) is 0 Å². The van der Waals surface area contributed by atoms with Crippen molar-refractivity contribution >= 4 is 15.9 Å². The number of nitriles is 1. The lowest BCUT2D eigenvalue weighted by Gasteiger charge is -2.31. The molecule has 0 unspecified atom stereocenters. The van der Waals surface area contributed by atoms with Gasteiger partial charge in [0, 0.05) is 30.7 Å². The Labute approximate surface area is 104 Å². The van der Waals surface area contributed by atoms with E-state index in [2.05, 4.69) is 32.2 Å². The van der Waals surface area contributed by atoms with Gasteiger partial charge in [-0.15, -0.1) is 0 Å². The summed E-state index contributed by atoms with van der Waals surface area (Å²) in [4.78, 5) is 2.22. The number of hydrogen-bond donors (Lipinski definition) is 1. The zero-order chi connectivity index (χ0) is 11.4. The molecular formula is C12H14BrN3. The molecule has 0 amide bonds. The maximum absolute atomic E-state index is 9.30. The summed E-state index contributed by atoms with van der Waals surface area (Å²) in [7, 11) is 0. The fraction of sp³-hybridized carbons (Fsp3) is 0.417. The maximum Gasteiger partial charge on any atom is 0.123 e. The zero-order valence-electron chi connectivity index (χ0n) is 8.99. The van der Waals surface area contributed by atoms with Gasteiger partial charge in [-0.2, -0.15) is 5.26 Å². The number of benzene rings is 1. The van der Waals surface area contributed by atoms with Crippen molar-refractivity contribution in [1.82, 2.24) is 10.2 Å². The lowest BCUT2D eigenvalue weighted by molar-refractivity contribution is 0.207. The van der Waals surface area contributed by atoms with E-state index in [1.165, 1.54) is 0 Å². The number of rotatable bonds is 2. The fourth-order valence-electron chi connectivity index (χ4n) is 1.98. The van der Waals surface area contributed by atoms with Crippen LogP contribution in [0, 0.1) is 11.3 Å². The van der Waals surface area contributed by atoms with E-state index in [-0.39, 0.29) is 6.04 Å². The second-order valence-electron chi connectivity index (χ2n) is 3.87. The third-order valence-electron chi connectivity index (χ3n) is 2.80. The molecule has 0 aliphatic carbocycles. The summed E-state index contributed by atoms with van der Waals surface area (Å²) in [5.41, 5.74) is 1.07. The molecule has 0 bridgehead atoms. The van der Waals surface area contributed by atoms with E-state index >= 15 is 0 Å². The average molecular weight is 280 g/mol. The molecule has 2 rings (SSSR count). The number of halogens is 1. The van der Waals surface area contributed by atoms with Crippen molar-refractivity contribution < 1.29 is 0 Å². The normalized spacial score (nSPS) is 19.0. The highest BCUT2D eigenvalue weighted by Crippen LogP contribution is 2.23. The Morgan fingerprint density at radius 1 is 1.38 bits per heavy atom. The molecule has 0 spiro atoms. The molecule has 0 radical (unpaired) electrons. The summed E-state index contributed by atoms with van der Waals surface area (Å²) in [6.07, 6.45) is 0. The van der Waals surface area contributed by atoms with Crippen molar-refractivity contribution in [3.05, 3.63) is 34.3 Å². The van der Waals surface area contributed by atoms with E-state index in [0.717, 1.165) is 36.2 Å². The molecule has 1 aromatic carbocycles. The third kappa shape index (κ3) is 2.62. The van der Waals surface area contributed by atoms with Gasteiger partial charge in [0.25, 0.3) is 0 Å². The van der Waals surface area contributed by atoms with Crippen LogP contribution in [-0.4, -0.2) is 31.1 Å². The van der Waals surface area contributed by atoms with E-state index in [0.29, 0.717) is 0 Å². The van der Waals surface area contributed by atoms with Gasteiger partial charge in [0.15, 0.2) is 0 Å². The highest BCUT2D eigenvalue weighted by Gasteiger charge is 2.21. The summed E-state index contributed by atoms with van der Waals surface area (Å²) >= 11 is 3.44. The second kappa shape index (κ2) is 5.44. The molecule has 3 nitrogen and oxygen atoms in total. The first kappa shape index (κ1) is 11.6. The molecule has 1 fully saturated rings. The third-order valence-corrected chi connectivity index (χ3v) is 3.30. The number of piperazine rings is 1. The minimum absolute atomic E-state index is 0.125. The van der Waals surface area contributed by atoms with Crippen LogP contribution in [0.25, 0.3) is 0 Å². The first-order valence-electron chi connectivity index (χ1n) is 5.41. The van der Waals surface area contributed by atoms with Gasteiger partial charge in [-0.3, -0.25) is 4.90 Å². The largest absolute Gasteiger partial charge is 0.314 e. The van der Waals surface area contributed by atoms with Crippen LogP contribution in [-0.2, 0) is 0 Å². The lowest BCUT2D eigenvalue weighted by Crippen LogP contribution is -2.44. The summed E-state index contributed by atoms with van der Waals surface area (Å²) in [6, 6.07) is 10.3. The minimum atomic E-state index is -0.125. The van der Waals surface area contributed by atoms with Crippen molar-refractivity contribution in [1.29, 1.82) is 5.26 Å². The summed E-state index contributed by atoms with van der Waals surface area (Å²) < 4.78 is 1.03. The Balaban J connectivity index is 2.18. The number of nitrogens with zero attached hydrogens (tertiary/aromatic N) is 2. The Morgan fingerprint density at radius 3 is 2.75 bits per heavy atom. The van der Waals surface area contributed by atoms with Crippen LogP contribution >= 0.6 is 15.9 Å². The molecule has 1 aliphatic heterocycles. The SMILES string of the molecule is N#C[C@H](c1cccc(Br)c1)N1CCNCC1. The van der Waals surface area contributed by atoms with Gasteiger partial charge in [0.2, 0.25) is 0 Å². The van der Waals surface area contributed by atoms with Crippen molar-refractivity contribution in [2.24, 2.45) is 0 Å². The second-order valence-corrected chi connectivity index (χ2v) is 4.79. The van der Waals surface area contributed by atoms with Crippen molar-refractivity contribution in [2.75, 3.05) is 26.2 Å². The number of hydrogen-bond acceptors (Lipinski definition) is 3. The molecule has 4 heteroatoms. The van der Waals surface area contributed by atoms with Crippen LogP contribution in [0.5, 0.6) is 0 Å². The molecule has 0 saturated carbocycles. The molecular weight excluding hydrogens is 266 g/mol. The molecule has 1 aromatic rings. The van der Waals surface area contributed by atoms with E-state index in [9.17, 15) is 5.26 Å². The summed E-state index contributed by atoms with van der Waals surface area (Å²) in [5.74, 6) is 0. The Bertz CT molecular complexity index is 393. The Hall–Kier alpha value is -0.890. The Morgan fingerprint density at radius 2 is 2.12 bits per heavy atom. The predicted molar refractivity (Wildman–Crippen MR) is 66.9 cm³/mol. The van der Waals surface area contributed by atoms with Crippen LogP contribution in [0.15, 0.2) is 28.7 Å². The zero-order valence-corrected chi connectivity index (χ0v) is 10.6. The topological polar surface area (TPSA) is 39.1 Å². The minimum Gasteiger partial charge on any atom is -0.314 e. The van der Waals surface area contributed by atoms with Crippen molar-refractivity contribution in [3.8, 4) is 6.07 Å². The lowest BCUT2D eigenvalue weighted by atomic mass is 10.1. The summed E-state index contributed by atoms with van der Waals surface area (Å²) in [6.45, 7) is 3.80. The standard InChI is InChI=1S/C12H14BrN3/c13-11-3-1-2-10(8-11)12(9-14)16-6-4-15-5-7-16/h1-3,8,12,15H,4-7H2/t12-/m1/s1. The number of nitrogens with one attached hydrogen (secondary N) is 1. The van der Waals surface area contributed by atoms with Crippen LogP contribution in [0.2, 0.25) is 0 Å². The first-order valence-corrected chi connectivity index (χ1v) is 6.20. The highest BCUT2D eigenvalue weighted by atomic mass is 79.9. The molecule has 0 aromatic heterocycles. The van der Waals surface area contributed by atoms with Gasteiger partial charge in [-0.05, 0) is 17.7 Å². The predicted octanol–water partition coefficient (Wildman–Crippen LogP) is 1.92. The molecule has 1 atom stereocenters. The quantitative estimate of drug-likeness (QED) is 0.899. The smallest absolute Gasteiger partial charge is 0.123 e. The average Bonchev–Trinajstić information content (AvgIpc) is 2.31. The van der Waals surface area contributed by atoms with Crippen molar-refractivity contribution in [2.45, 2.75) is 6.04 Å². The van der Waals surface area contributed by atoms with Gasteiger partial charge in [0.05, 0.1) is 6.07 Å². The van der Waals surface area contributed by atoms with E-state index < -0.39 is 0 Å². The van der Waals surface area contributed by atoms with Gasteiger partial charge in [-0.25, -0.2) is 0 Å². The van der Waals surface area contributed by atoms with Crippen LogP contribution < -0.4 is 5.32 Å². The Kier molecular flexibility index (Phi) is 3.94. The maximum atomic E-state index is 9.30. The molecule has 1 aliphatic rings. The highest BCUT2D eigenvalue weighted by molar-refractivity contribution is 9.10. The van der Waals surface area contributed by atoms with Crippen LogP contribution in [0.1, 0.15) is 11.6 Å². The molecule has 1 heterocycles. The van der Waals surface area contributed by atoms with E-state index in [1.54, 1.807) is 0 Å². The molecule has 84 valence electrons. The summed E-state index contributed by atoms with van der Waals surface area (Å²) in [5, 5.41) is 12.6. The van der Waals surface area contributed by atoms with Gasteiger partial charge < -0.3 is 5.32 Å².